The predicted octanol–water partition coefficient (Wildman–Crippen LogP) is 3.39. The lowest BCUT2D eigenvalue weighted by Crippen LogP contribution is -2.21. The van der Waals surface area contributed by atoms with Crippen LogP contribution in [0.25, 0.3) is 5.20 Å². The van der Waals surface area contributed by atoms with Gasteiger partial charge in [-0.05, 0) is 11.1 Å². The van der Waals surface area contributed by atoms with Crippen molar-refractivity contribution in [1.29, 1.82) is 0 Å². The van der Waals surface area contributed by atoms with Gasteiger partial charge < -0.3 is 0 Å². The van der Waals surface area contributed by atoms with E-state index in [1.165, 1.54) is 16.3 Å². The highest BCUT2D eigenvalue weighted by Crippen LogP contribution is 2.34. The Hall–Kier alpha value is -0.823. The van der Waals surface area contributed by atoms with E-state index in [9.17, 15) is 0 Å². The van der Waals surface area contributed by atoms with Gasteiger partial charge in [-0.2, -0.15) is 0 Å². The summed E-state index contributed by atoms with van der Waals surface area (Å²) >= 11 is 0. The van der Waals surface area contributed by atoms with Gasteiger partial charge in [0.1, 0.15) is 0 Å². The number of hydrogen-bond donors (Lipinski definition) is 0. The predicted molar refractivity (Wildman–Crippen MR) is 60.1 cm³/mol. The van der Waals surface area contributed by atoms with Gasteiger partial charge in [-0.1, -0.05) is 55.2 Å². The average Bonchev–Trinajstić information content (AvgIpc) is 2.45. The molecule has 0 saturated heterocycles. The average molecular weight is 186 g/mol. The minimum absolute atomic E-state index is 1.18. The normalized spacial score (nSPS) is 15.5. The molecule has 0 fully saturated rings. The molecule has 66 valence electrons. The number of allylic oxidation sites excluding steroid dienone is 1. The van der Waals surface area contributed by atoms with Crippen LogP contribution in [-0.2, 0) is 0 Å². The second-order valence-electron chi connectivity index (χ2n) is 4.50. The Bertz CT molecular complexity index is 356. The van der Waals surface area contributed by atoms with E-state index in [0.29, 0.717) is 0 Å². The van der Waals surface area contributed by atoms with E-state index >= 15 is 0 Å². The number of benzene rings is 1. The number of hydrogen-bond acceptors (Lipinski definition) is 0. The molecular formula is C12H14Si. The van der Waals surface area contributed by atoms with Gasteiger partial charge in [0.05, 0.1) is 8.07 Å². The third-order valence-corrected chi connectivity index (χ3v) is 4.43. The minimum atomic E-state index is -1.18. The molecule has 0 unspecified atom stereocenters. The van der Waals surface area contributed by atoms with Gasteiger partial charge in [-0.25, -0.2) is 0 Å². The zero-order valence-corrected chi connectivity index (χ0v) is 9.39. The number of rotatable bonds is 1. The van der Waals surface area contributed by atoms with Crippen LogP contribution in [0.4, 0.5) is 0 Å². The van der Waals surface area contributed by atoms with Gasteiger partial charge >= 0.3 is 0 Å². The monoisotopic (exact) mass is 186 g/mol. The smallest absolute Gasteiger partial charge is 0.0716 e. The van der Waals surface area contributed by atoms with Crippen molar-refractivity contribution >= 4 is 13.3 Å². The lowest BCUT2D eigenvalue weighted by molar-refractivity contribution is 1.54. The van der Waals surface area contributed by atoms with Gasteiger partial charge in [0.25, 0.3) is 0 Å². The summed E-state index contributed by atoms with van der Waals surface area (Å²) in [6.07, 6.45) is 5.51. The molecule has 2 rings (SSSR count). The summed E-state index contributed by atoms with van der Waals surface area (Å²) in [5, 5.41) is 1.53. The molecule has 0 aliphatic heterocycles. The summed E-state index contributed by atoms with van der Waals surface area (Å²) < 4.78 is 0. The SMILES string of the molecule is C[Si](C)(C)C1=C[C]c2ccccc21. The molecule has 0 atom stereocenters. The van der Waals surface area contributed by atoms with E-state index in [1.807, 2.05) is 0 Å². The molecule has 0 spiro atoms. The van der Waals surface area contributed by atoms with Crippen molar-refractivity contribution in [1.82, 2.24) is 0 Å². The first-order valence-corrected chi connectivity index (χ1v) is 8.15. The Kier molecular flexibility index (Phi) is 1.92. The largest absolute Gasteiger partial charge is 0.0780 e. The Labute approximate surface area is 81.3 Å². The third kappa shape index (κ3) is 1.48. The first kappa shape index (κ1) is 8.76. The van der Waals surface area contributed by atoms with Crippen LogP contribution in [0.2, 0.25) is 19.6 Å². The van der Waals surface area contributed by atoms with Crippen LogP contribution < -0.4 is 0 Å². The van der Waals surface area contributed by atoms with E-state index < -0.39 is 8.07 Å². The fraction of sp³-hybridized carbons (Fsp3) is 0.250. The lowest BCUT2D eigenvalue weighted by Gasteiger charge is -2.19. The quantitative estimate of drug-likeness (QED) is 0.590. The Balaban J connectivity index is 2.48. The Morgan fingerprint density at radius 3 is 2.46 bits per heavy atom. The molecule has 0 aromatic heterocycles. The molecule has 0 heterocycles. The fourth-order valence-electron chi connectivity index (χ4n) is 1.69. The van der Waals surface area contributed by atoms with Crippen molar-refractivity contribution in [3.05, 3.63) is 47.9 Å². The highest BCUT2D eigenvalue weighted by atomic mass is 28.3. The molecule has 0 N–H and O–H groups in total. The fourth-order valence-corrected chi connectivity index (χ4v) is 3.22. The molecule has 1 aliphatic carbocycles. The molecule has 13 heavy (non-hydrogen) atoms. The van der Waals surface area contributed by atoms with E-state index in [1.54, 1.807) is 0 Å². The van der Waals surface area contributed by atoms with Crippen LogP contribution in [0.3, 0.4) is 0 Å². The van der Waals surface area contributed by atoms with Crippen molar-refractivity contribution in [3.63, 3.8) is 0 Å². The van der Waals surface area contributed by atoms with Gasteiger partial charge in [-0.15, -0.1) is 0 Å². The summed E-state index contributed by atoms with van der Waals surface area (Å²) in [6, 6.07) is 8.53. The van der Waals surface area contributed by atoms with Gasteiger partial charge in [0.15, 0.2) is 0 Å². The van der Waals surface area contributed by atoms with Crippen molar-refractivity contribution in [2.24, 2.45) is 0 Å². The van der Waals surface area contributed by atoms with Gasteiger partial charge in [0.2, 0.25) is 0 Å². The zero-order chi connectivity index (χ0) is 9.47. The van der Waals surface area contributed by atoms with E-state index in [2.05, 4.69) is 56.4 Å². The van der Waals surface area contributed by atoms with Crippen LogP contribution in [0.15, 0.2) is 30.3 Å². The Morgan fingerprint density at radius 1 is 1.08 bits per heavy atom. The molecule has 0 amide bonds. The maximum absolute atomic E-state index is 3.33. The maximum atomic E-state index is 3.33. The van der Waals surface area contributed by atoms with E-state index in [-0.39, 0.29) is 0 Å². The van der Waals surface area contributed by atoms with Crippen molar-refractivity contribution < 1.29 is 0 Å². The van der Waals surface area contributed by atoms with Crippen LogP contribution in [0.1, 0.15) is 11.1 Å². The molecule has 0 saturated carbocycles. The molecule has 1 aliphatic rings. The topological polar surface area (TPSA) is 0 Å². The van der Waals surface area contributed by atoms with E-state index in [0.717, 1.165) is 0 Å². The van der Waals surface area contributed by atoms with Gasteiger partial charge in [-0.3, -0.25) is 0 Å². The first-order valence-electron chi connectivity index (χ1n) is 4.65. The third-order valence-electron chi connectivity index (χ3n) is 2.40. The van der Waals surface area contributed by atoms with Crippen LogP contribution in [0.5, 0.6) is 0 Å². The Morgan fingerprint density at radius 2 is 1.77 bits per heavy atom. The molecule has 2 radical (unpaired) electrons. The van der Waals surface area contributed by atoms with E-state index in [4.69, 9.17) is 0 Å². The molecular weight excluding hydrogens is 172 g/mol. The van der Waals surface area contributed by atoms with Crippen molar-refractivity contribution in [2.45, 2.75) is 19.6 Å². The highest BCUT2D eigenvalue weighted by Gasteiger charge is 2.25. The summed E-state index contributed by atoms with van der Waals surface area (Å²) in [7, 11) is -1.18. The lowest BCUT2D eigenvalue weighted by atomic mass is 10.1. The van der Waals surface area contributed by atoms with Crippen LogP contribution >= 0.6 is 0 Å². The zero-order valence-electron chi connectivity index (χ0n) is 8.39. The second-order valence-corrected chi connectivity index (χ2v) is 9.54. The highest BCUT2D eigenvalue weighted by molar-refractivity contribution is 6.93. The maximum Gasteiger partial charge on any atom is 0.0780 e. The minimum Gasteiger partial charge on any atom is -0.0716 e. The molecule has 1 aromatic carbocycles. The molecule has 1 heteroatoms. The summed E-state index contributed by atoms with van der Waals surface area (Å²) in [6.45, 7) is 7.13. The van der Waals surface area contributed by atoms with Crippen LogP contribution in [-0.4, -0.2) is 8.07 Å². The number of fused-ring (bicyclic) bond motifs is 1. The van der Waals surface area contributed by atoms with Crippen LogP contribution in [0, 0.1) is 6.42 Å². The molecule has 1 aromatic rings. The molecule has 0 bridgehead atoms. The van der Waals surface area contributed by atoms with Crippen molar-refractivity contribution in [2.75, 3.05) is 0 Å². The second kappa shape index (κ2) is 2.84. The summed E-state index contributed by atoms with van der Waals surface area (Å²) in [4.78, 5) is 0. The summed E-state index contributed by atoms with van der Waals surface area (Å²) in [5.74, 6) is 0. The van der Waals surface area contributed by atoms with Crippen molar-refractivity contribution in [3.8, 4) is 0 Å². The standard InChI is InChI=1S/C12H14Si/c1-13(2,3)12-9-8-10-6-4-5-7-11(10)12/h4-7,9H,1-3H3. The summed E-state index contributed by atoms with van der Waals surface area (Å²) in [5.41, 5.74) is 2.67. The molecule has 0 nitrogen and oxygen atoms in total. The van der Waals surface area contributed by atoms with Gasteiger partial charge in [0, 0.05) is 6.42 Å². The first-order chi connectivity index (χ1) is 6.09.